The largest absolute Gasteiger partial charge is 0.452 e. The number of carbonyl (C=O) groups is 2. The van der Waals surface area contributed by atoms with Gasteiger partial charge in [0.2, 0.25) is 5.78 Å². The van der Waals surface area contributed by atoms with Gasteiger partial charge in [-0.05, 0) is 48.7 Å². The molecule has 3 aromatic rings. The van der Waals surface area contributed by atoms with Crippen molar-refractivity contribution in [3.8, 4) is 11.5 Å². The lowest BCUT2D eigenvalue weighted by Gasteiger charge is -2.10. The van der Waals surface area contributed by atoms with Crippen LogP contribution in [0.5, 0.6) is 11.5 Å². The average Bonchev–Trinajstić information content (AvgIpc) is 3.29. The van der Waals surface area contributed by atoms with Gasteiger partial charge in [0.05, 0.1) is 12.0 Å². The van der Waals surface area contributed by atoms with Crippen molar-refractivity contribution in [1.82, 2.24) is 0 Å². The third kappa shape index (κ3) is 3.94. The Bertz CT molecular complexity index is 1130. The summed E-state index contributed by atoms with van der Waals surface area (Å²) in [6.07, 6.45) is 1.71. The summed E-state index contributed by atoms with van der Waals surface area (Å²) in [4.78, 5) is 25.9. The van der Waals surface area contributed by atoms with Gasteiger partial charge in [0, 0.05) is 26.0 Å². The minimum absolute atomic E-state index is 0.111. The van der Waals surface area contributed by atoms with Crippen LogP contribution in [-0.4, -0.2) is 11.8 Å². The predicted octanol–water partition coefficient (Wildman–Crippen LogP) is 6.13. The number of benzene rings is 2. The SMILES string of the molecule is Cc1c(OC(=O)Cc2cccs2)ccc2c1O/C(=C\c1c(Cl)cccc1Cl)C2=O. The summed E-state index contributed by atoms with van der Waals surface area (Å²) in [5.74, 6) is 0.176. The second-order valence-electron chi connectivity index (χ2n) is 6.37. The van der Waals surface area contributed by atoms with Crippen LogP contribution in [0.4, 0.5) is 0 Å². The number of hydrogen-bond donors (Lipinski definition) is 0. The molecule has 4 nitrogen and oxygen atoms in total. The van der Waals surface area contributed by atoms with Gasteiger partial charge >= 0.3 is 5.97 Å². The number of thiophene rings is 1. The standard InChI is InChI=1S/C22H14Cl2O4S/c1-12-18(27-20(25)10-13-4-3-9-29-13)8-7-14-21(26)19(28-22(12)14)11-15-16(23)5-2-6-17(15)24/h2-9,11H,10H2,1H3/b19-11-. The fraction of sp³-hybridized carbons (Fsp3) is 0.0909. The van der Waals surface area contributed by atoms with Crippen LogP contribution in [0.2, 0.25) is 10.0 Å². The predicted molar refractivity (Wildman–Crippen MR) is 114 cm³/mol. The van der Waals surface area contributed by atoms with E-state index in [1.807, 2.05) is 17.5 Å². The van der Waals surface area contributed by atoms with E-state index in [0.29, 0.717) is 38.2 Å². The fourth-order valence-electron chi connectivity index (χ4n) is 2.97. The van der Waals surface area contributed by atoms with Gasteiger partial charge in [-0.3, -0.25) is 9.59 Å². The summed E-state index contributed by atoms with van der Waals surface area (Å²) in [5, 5.41) is 2.73. The van der Waals surface area contributed by atoms with Gasteiger partial charge in [-0.15, -0.1) is 11.3 Å². The molecule has 0 saturated heterocycles. The van der Waals surface area contributed by atoms with Crippen LogP contribution < -0.4 is 9.47 Å². The van der Waals surface area contributed by atoms with Crippen molar-refractivity contribution in [2.24, 2.45) is 0 Å². The van der Waals surface area contributed by atoms with E-state index < -0.39 is 0 Å². The van der Waals surface area contributed by atoms with Gasteiger partial charge in [0.25, 0.3) is 0 Å². The van der Waals surface area contributed by atoms with Gasteiger partial charge in [0.1, 0.15) is 11.5 Å². The molecule has 0 spiro atoms. The van der Waals surface area contributed by atoms with Gasteiger partial charge in [-0.2, -0.15) is 0 Å². The molecule has 0 N–H and O–H groups in total. The number of ketones is 1. The molecule has 0 bridgehead atoms. The van der Waals surface area contributed by atoms with Crippen molar-refractivity contribution in [1.29, 1.82) is 0 Å². The molecule has 146 valence electrons. The third-order valence-electron chi connectivity index (χ3n) is 4.43. The number of fused-ring (bicyclic) bond motifs is 1. The van der Waals surface area contributed by atoms with Crippen LogP contribution in [0.25, 0.3) is 6.08 Å². The highest BCUT2D eigenvalue weighted by Crippen LogP contribution is 2.40. The number of rotatable bonds is 4. The molecule has 29 heavy (non-hydrogen) atoms. The zero-order valence-corrected chi connectivity index (χ0v) is 17.5. The second kappa shape index (κ2) is 8.03. The van der Waals surface area contributed by atoms with Crippen LogP contribution >= 0.6 is 34.5 Å². The van der Waals surface area contributed by atoms with Gasteiger partial charge in [-0.25, -0.2) is 0 Å². The minimum atomic E-state index is -0.376. The van der Waals surface area contributed by atoms with Gasteiger partial charge < -0.3 is 9.47 Å². The summed E-state index contributed by atoms with van der Waals surface area (Å²) < 4.78 is 11.3. The van der Waals surface area contributed by atoms with E-state index in [1.165, 1.54) is 17.4 Å². The lowest BCUT2D eigenvalue weighted by molar-refractivity contribution is -0.133. The Kier molecular flexibility index (Phi) is 5.46. The van der Waals surface area contributed by atoms with Crippen LogP contribution in [0.1, 0.15) is 26.4 Å². The molecule has 1 aliphatic rings. The third-order valence-corrected chi connectivity index (χ3v) is 5.97. The molecule has 2 heterocycles. The average molecular weight is 445 g/mol. The normalized spacial score (nSPS) is 14.0. The number of Topliss-reactive ketones (excluding diaryl/α,β-unsaturated/α-hetero) is 1. The molecule has 0 unspecified atom stereocenters. The molecule has 0 atom stereocenters. The van der Waals surface area contributed by atoms with Gasteiger partial charge in [0.15, 0.2) is 5.76 Å². The quantitative estimate of drug-likeness (QED) is 0.276. The van der Waals surface area contributed by atoms with Crippen molar-refractivity contribution < 1.29 is 19.1 Å². The lowest BCUT2D eigenvalue weighted by Crippen LogP contribution is -2.11. The Labute approximate surface area is 181 Å². The Balaban J connectivity index is 1.60. The molecular formula is C22H14Cl2O4S. The first-order chi connectivity index (χ1) is 13.9. The summed E-state index contributed by atoms with van der Waals surface area (Å²) in [7, 11) is 0. The molecule has 0 saturated carbocycles. The highest BCUT2D eigenvalue weighted by Gasteiger charge is 2.31. The van der Waals surface area contributed by atoms with Gasteiger partial charge in [-0.1, -0.05) is 35.3 Å². The van der Waals surface area contributed by atoms with Crippen LogP contribution in [0.15, 0.2) is 53.6 Å². The molecule has 0 radical (unpaired) electrons. The zero-order valence-electron chi connectivity index (χ0n) is 15.2. The topological polar surface area (TPSA) is 52.6 Å². The highest BCUT2D eigenvalue weighted by atomic mass is 35.5. The van der Waals surface area contributed by atoms with Crippen molar-refractivity contribution in [2.45, 2.75) is 13.3 Å². The van der Waals surface area contributed by atoms with E-state index in [4.69, 9.17) is 32.7 Å². The van der Waals surface area contributed by atoms with E-state index >= 15 is 0 Å². The molecule has 0 aliphatic carbocycles. The molecule has 1 aromatic heterocycles. The number of ether oxygens (including phenoxy) is 2. The summed E-state index contributed by atoms with van der Waals surface area (Å²) in [6.45, 7) is 1.74. The number of esters is 1. The Morgan fingerprint density at radius 2 is 1.90 bits per heavy atom. The number of hydrogen-bond acceptors (Lipinski definition) is 5. The molecule has 0 amide bonds. The van der Waals surface area contributed by atoms with Crippen molar-refractivity contribution in [3.05, 3.63) is 85.2 Å². The molecule has 2 aromatic carbocycles. The minimum Gasteiger partial charge on any atom is -0.452 e. The van der Waals surface area contributed by atoms with Crippen molar-refractivity contribution in [2.75, 3.05) is 0 Å². The summed E-state index contributed by atoms with van der Waals surface area (Å²) in [6, 6.07) is 12.0. The Morgan fingerprint density at radius 3 is 2.59 bits per heavy atom. The van der Waals surface area contributed by atoms with E-state index in [9.17, 15) is 9.59 Å². The van der Waals surface area contributed by atoms with Crippen molar-refractivity contribution >= 4 is 52.4 Å². The molecule has 4 rings (SSSR count). The fourth-order valence-corrected chi connectivity index (χ4v) is 4.17. The monoisotopic (exact) mass is 444 g/mol. The molecular weight excluding hydrogens is 431 g/mol. The second-order valence-corrected chi connectivity index (χ2v) is 8.22. The maximum atomic E-state index is 12.7. The number of carbonyl (C=O) groups excluding carboxylic acids is 2. The molecule has 0 fully saturated rings. The number of halogens is 2. The molecule has 7 heteroatoms. The van der Waals surface area contributed by atoms with Crippen LogP contribution in [0, 0.1) is 6.92 Å². The van der Waals surface area contributed by atoms with E-state index in [2.05, 4.69) is 0 Å². The maximum Gasteiger partial charge on any atom is 0.316 e. The highest BCUT2D eigenvalue weighted by molar-refractivity contribution is 7.10. The van der Waals surface area contributed by atoms with E-state index in [0.717, 1.165) is 4.88 Å². The van der Waals surface area contributed by atoms with Crippen LogP contribution in [0.3, 0.4) is 0 Å². The van der Waals surface area contributed by atoms with Crippen LogP contribution in [-0.2, 0) is 11.2 Å². The van der Waals surface area contributed by atoms with E-state index in [1.54, 1.807) is 37.3 Å². The Hall–Kier alpha value is -2.60. The maximum absolute atomic E-state index is 12.7. The zero-order chi connectivity index (χ0) is 20.5. The molecule has 1 aliphatic heterocycles. The van der Waals surface area contributed by atoms with E-state index in [-0.39, 0.29) is 23.9 Å². The smallest absolute Gasteiger partial charge is 0.316 e. The number of allylic oxidation sites excluding steroid dienone is 1. The first-order valence-electron chi connectivity index (χ1n) is 8.69. The first-order valence-corrected chi connectivity index (χ1v) is 10.3. The van der Waals surface area contributed by atoms with Crippen molar-refractivity contribution in [3.63, 3.8) is 0 Å². The summed E-state index contributed by atoms with van der Waals surface area (Å²) >= 11 is 13.9. The lowest BCUT2D eigenvalue weighted by atomic mass is 10.1. The Morgan fingerprint density at radius 1 is 1.14 bits per heavy atom. The first kappa shape index (κ1) is 19.7. The summed E-state index contributed by atoms with van der Waals surface area (Å²) in [5.41, 5.74) is 1.48.